The molecule has 1 atom stereocenters. The highest BCUT2D eigenvalue weighted by molar-refractivity contribution is 7.92. The first-order valence-electron chi connectivity index (χ1n) is 10.6. The van der Waals surface area contributed by atoms with Crippen molar-refractivity contribution in [1.82, 2.24) is 5.32 Å². The van der Waals surface area contributed by atoms with Crippen LogP contribution in [0.5, 0.6) is 5.75 Å². The Hall–Kier alpha value is -2.25. The topological polar surface area (TPSA) is 75.7 Å². The molecule has 0 saturated carbocycles. The number of carbonyl (C=O) groups excluding carboxylic acids is 1. The molecule has 0 bridgehead atoms. The number of anilines is 1. The fraction of sp³-hybridized carbons (Fsp3) is 0.458. The minimum absolute atomic E-state index is 0.0715. The van der Waals surface area contributed by atoms with Crippen LogP contribution in [0.15, 0.2) is 42.5 Å². The van der Waals surface area contributed by atoms with Gasteiger partial charge >= 0.3 is 0 Å². The highest BCUT2D eigenvalue weighted by atomic mass is 35.5. The van der Waals surface area contributed by atoms with Gasteiger partial charge in [-0.2, -0.15) is 0 Å². The first-order valence-corrected chi connectivity index (χ1v) is 12.8. The van der Waals surface area contributed by atoms with Gasteiger partial charge in [0.1, 0.15) is 18.4 Å². The summed E-state index contributed by atoms with van der Waals surface area (Å²) in [5.74, 6) is 0.388. The predicted molar refractivity (Wildman–Crippen MR) is 131 cm³/mol. The molecule has 176 valence electrons. The van der Waals surface area contributed by atoms with Crippen LogP contribution in [-0.4, -0.2) is 39.8 Å². The molecule has 2 aromatic rings. The first-order chi connectivity index (χ1) is 14.9. The molecule has 0 saturated heterocycles. The molecule has 0 radical (unpaired) electrons. The fourth-order valence-electron chi connectivity index (χ4n) is 3.52. The van der Waals surface area contributed by atoms with Gasteiger partial charge in [-0.3, -0.25) is 9.10 Å². The number of halogens is 1. The molecule has 2 aromatic carbocycles. The van der Waals surface area contributed by atoms with Crippen molar-refractivity contribution < 1.29 is 17.9 Å². The lowest BCUT2D eigenvalue weighted by molar-refractivity contribution is -0.122. The highest BCUT2D eigenvalue weighted by Crippen LogP contribution is 2.31. The summed E-state index contributed by atoms with van der Waals surface area (Å²) >= 11 is 6.11. The van der Waals surface area contributed by atoms with Gasteiger partial charge in [-0.25, -0.2) is 8.42 Å². The summed E-state index contributed by atoms with van der Waals surface area (Å²) in [4.78, 5) is 13.0. The van der Waals surface area contributed by atoms with E-state index >= 15 is 0 Å². The summed E-state index contributed by atoms with van der Waals surface area (Å²) in [7, 11) is -3.73. The van der Waals surface area contributed by atoms with Crippen LogP contribution in [0.3, 0.4) is 0 Å². The molecule has 0 aromatic heterocycles. The van der Waals surface area contributed by atoms with Gasteiger partial charge in [-0.1, -0.05) is 63.6 Å². The van der Waals surface area contributed by atoms with Gasteiger partial charge in [0.15, 0.2) is 0 Å². The second-order valence-electron chi connectivity index (χ2n) is 8.80. The Morgan fingerprint density at radius 1 is 1.19 bits per heavy atom. The Morgan fingerprint density at radius 3 is 2.44 bits per heavy atom. The maximum Gasteiger partial charge on any atom is 0.244 e. The zero-order valence-corrected chi connectivity index (χ0v) is 21.2. The van der Waals surface area contributed by atoms with Crippen LogP contribution in [0.25, 0.3) is 0 Å². The van der Waals surface area contributed by atoms with E-state index in [1.165, 1.54) is 0 Å². The molecular formula is C24H33ClN2O4S. The van der Waals surface area contributed by atoms with Gasteiger partial charge in [-0.05, 0) is 48.1 Å². The van der Waals surface area contributed by atoms with Crippen LogP contribution in [0.4, 0.5) is 5.69 Å². The maximum absolute atomic E-state index is 13.0. The summed E-state index contributed by atoms with van der Waals surface area (Å²) in [5, 5.41) is 3.22. The highest BCUT2D eigenvalue weighted by Gasteiger charge is 2.32. The quantitative estimate of drug-likeness (QED) is 0.528. The number of aryl methyl sites for hydroxylation is 1. The van der Waals surface area contributed by atoms with E-state index in [2.05, 4.69) is 26.1 Å². The average Bonchev–Trinajstić information content (AvgIpc) is 2.70. The zero-order chi connectivity index (χ0) is 24.1. The van der Waals surface area contributed by atoms with Crippen LogP contribution in [0.1, 0.15) is 45.2 Å². The number of ether oxygens (including phenoxy) is 1. The number of nitrogens with one attached hydrogen (secondary N) is 1. The normalized spacial score (nSPS) is 12.8. The first kappa shape index (κ1) is 26.0. The van der Waals surface area contributed by atoms with Crippen molar-refractivity contribution in [2.45, 2.75) is 52.5 Å². The largest absolute Gasteiger partial charge is 0.491 e. The number of para-hydroxylation sites is 1. The summed E-state index contributed by atoms with van der Waals surface area (Å²) in [6.07, 6.45) is 1.40. The van der Waals surface area contributed by atoms with Crippen molar-refractivity contribution in [2.24, 2.45) is 0 Å². The number of hydrogen-bond donors (Lipinski definition) is 1. The van der Waals surface area contributed by atoms with Crippen LogP contribution in [-0.2, 0) is 20.2 Å². The van der Waals surface area contributed by atoms with Crippen molar-refractivity contribution in [3.63, 3.8) is 0 Å². The summed E-state index contributed by atoms with van der Waals surface area (Å²) < 4.78 is 32.3. The van der Waals surface area contributed by atoms with Crippen molar-refractivity contribution in [3.8, 4) is 5.75 Å². The van der Waals surface area contributed by atoms with Crippen LogP contribution in [0.2, 0.25) is 5.02 Å². The number of nitrogens with zero attached hydrogens (tertiary/aromatic N) is 1. The van der Waals surface area contributed by atoms with Gasteiger partial charge in [0.2, 0.25) is 15.9 Å². The van der Waals surface area contributed by atoms with Crippen LogP contribution in [0, 0.1) is 6.92 Å². The Kier molecular flexibility index (Phi) is 8.60. The number of sulfonamides is 1. The SMILES string of the molecule is CC[C@H](C(=O)NCCOc1ccccc1C(C)(C)C)N(c1cc(Cl)ccc1C)S(C)(=O)=O. The van der Waals surface area contributed by atoms with Crippen LogP contribution < -0.4 is 14.4 Å². The molecular weight excluding hydrogens is 448 g/mol. The lowest BCUT2D eigenvalue weighted by Gasteiger charge is -2.31. The predicted octanol–water partition coefficient (Wildman–Crippen LogP) is 4.69. The van der Waals surface area contributed by atoms with E-state index in [0.717, 1.165) is 21.9 Å². The number of amides is 1. The van der Waals surface area contributed by atoms with E-state index in [-0.39, 0.29) is 24.5 Å². The molecule has 0 unspecified atom stereocenters. The summed E-state index contributed by atoms with van der Waals surface area (Å²) in [6, 6.07) is 11.9. The molecule has 1 amide bonds. The van der Waals surface area contributed by atoms with Gasteiger partial charge in [-0.15, -0.1) is 0 Å². The minimum Gasteiger partial charge on any atom is -0.491 e. The lowest BCUT2D eigenvalue weighted by Crippen LogP contribution is -2.50. The Morgan fingerprint density at radius 2 is 1.84 bits per heavy atom. The van der Waals surface area contributed by atoms with Crippen molar-refractivity contribution in [3.05, 3.63) is 58.6 Å². The monoisotopic (exact) mass is 480 g/mol. The molecule has 0 spiro atoms. The second-order valence-corrected chi connectivity index (χ2v) is 11.1. The number of rotatable bonds is 9. The average molecular weight is 481 g/mol. The van der Waals surface area contributed by atoms with Crippen molar-refractivity contribution >= 4 is 33.2 Å². The molecule has 0 fully saturated rings. The summed E-state index contributed by atoms with van der Waals surface area (Å²) in [5.41, 5.74) is 2.13. The second kappa shape index (κ2) is 10.6. The molecule has 6 nitrogen and oxygen atoms in total. The zero-order valence-electron chi connectivity index (χ0n) is 19.6. The van der Waals surface area contributed by atoms with E-state index in [9.17, 15) is 13.2 Å². The standard InChI is InChI=1S/C24H33ClN2O4S/c1-7-20(27(32(6,29)30)21-16-18(25)13-12-17(21)2)23(28)26-14-15-31-22-11-9-8-10-19(22)24(3,4)5/h8-13,16,20H,7,14-15H2,1-6H3,(H,26,28)/t20-/m1/s1. The van der Waals surface area contributed by atoms with E-state index < -0.39 is 16.1 Å². The molecule has 1 N–H and O–H groups in total. The Labute approximate surface area is 197 Å². The minimum atomic E-state index is -3.73. The molecule has 2 rings (SSSR count). The van der Waals surface area contributed by atoms with E-state index in [1.54, 1.807) is 32.0 Å². The van der Waals surface area contributed by atoms with E-state index in [4.69, 9.17) is 16.3 Å². The van der Waals surface area contributed by atoms with Gasteiger partial charge in [0.05, 0.1) is 18.5 Å². The number of carbonyl (C=O) groups is 1. The fourth-order valence-corrected chi connectivity index (χ4v) is 4.95. The molecule has 32 heavy (non-hydrogen) atoms. The van der Waals surface area contributed by atoms with Crippen molar-refractivity contribution in [2.75, 3.05) is 23.7 Å². The number of benzene rings is 2. The Balaban J connectivity index is 2.13. The van der Waals surface area contributed by atoms with Gasteiger partial charge in [0, 0.05) is 5.02 Å². The molecule has 8 heteroatoms. The van der Waals surface area contributed by atoms with Gasteiger partial charge < -0.3 is 10.1 Å². The smallest absolute Gasteiger partial charge is 0.244 e. The third-order valence-corrected chi connectivity index (χ3v) is 6.49. The lowest BCUT2D eigenvalue weighted by atomic mass is 9.86. The molecule has 0 aliphatic carbocycles. The summed E-state index contributed by atoms with van der Waals surface area (Å²) in [6.45, 7) is 10.4. The van der Waals surface area contributed by atoms with Crippen LogP contribution >= 0.6 is 11.6 Å². The third-order valence-electron chi connectivity index (χ3n) is 5.09. The third kappa shape index (κ3) is 6.62. The number of hydrogen-bond acceptors (Lipinski definition) is 4. The van der Waals surface area contributed by atoms with E-state index in [1.807, 2.05) is 24.3 Å². The molecule has 0 heterocycles. The molecule has 0 aliphatic rings. The molecule has 0 aliphatic heterocycles. The van der Waals surface area contributed by atoms with E-state index in [0.29, 0.717) is 22.7 Å². The van der Waals surface area contributed by atoms with Gasteiger partial charge in [0.25, 0.3) is 0 Å². The van der Waals surface area contributed by atoms with Crippen molar-refractivity contribution in [1.29, 1.82) is 0 Å². The maximum atomic E-state index is 13.0. The Bertz CT molecular complexity index is 1050.